The Bertz CT molecular complexity index is 462. The Morgan fingerprint density at radius 2 is 2.32 bits per heavy atom. The molecule has 0 spiro atoms. The molecule has 3 N–H and O–H groups in total. The number of nitrogens with zero attached hydrogens (tertiary/aromatic N) is 1. The van der Waals surface area contributed by atoms with Gasteiger partial charge in [-0.3, -0.25) is 0 Å². The number of pyridine rings is 1. The highest BCUT2D eigenvalue weighted by Crippen LogP contribution is 2.31. The number of nitrogens with one attached hydrogen (secondary N) is 1. The van der Waals surface area contributed by atoms with Crippen LogP contribution in [0.1, 0.15) is 37.4 Å². The van der Waals surface area contributed by atoms with E-state index in [-0.39, 0.29) is 0 Å². The first-order valence-electron chi connectivity index (χ1n) is 6.75. The third-order valence-electron chi connectivity index (χ3n) is 3.38. The molecular formula is C14H21N3S2. The van der Waals surface area contributed by atoms with Gasteiger partial charge in [-0.1, -0.05) is 19.1 Å². The van der Waals surface area contributed by atoms with Gasteiger partial charge in [0.2, 0.25) is 0 Å². The lowest BCUT2D eigenvalue weighted by atomic mass is 10.2. The van der Waals surface area contributed by atoms with Crippen molar-refractivity contribution in [3.05, 3.63) is 23.4 Å². The standard InChI is InChI=1S/C14H21N3S2/c1-3-19-12-5-4-11(8-12)17-13-7-10(14(15)18)6-9(2)16-13/h6-7,11-12H,3-5,8H2,1-2H3,(H2,15,18)(H,16,17). The van der Waals surface area contributed by atoms with E-state index in [4.69, 9.17) is 18.0 Å². The number of thioether (sulfide) groups is 1. The van der Waals surface area contributed by atoms with Gasteiger partial charge in [-0.2, -0.15) is 11.8 Å². The fourth-order valence-electron chi connectivity index (χ4n) is 2.55. The number of nitrogens with two attached hydrogens (primary N) is 1. The number of thiocarbonyl (C=S) groups is 1. The minimum Gasteiger partial charge on any atom is -0.389 e. The van der Waals surface area contributed by atoms with Crippen molar-refractivity contribution >= 4 is 34.8 Å². The monoisotopic (exact) mass is 295 g/mol. The third kappa shape index (κ3) is 4.08. The molecule has 3 nitrogen and oxygen atoms in total. The molecule has 5 heteroatoms. The Labute approximate surface area is 124 Å². The maximum absolute atomic E-state index is 5.69. The summed E-state index contributed by atoms with van der Waals surface area (Å²) in [6, 6.07) is 4.41. The molecule has 2 rings (SSSR count). The van der Waals surface area contributed by atoms with Gasteiger partial charge in [0, 0.05) is 22.5 Å². The van der Waals surface area contributed by atoms with Crippen LogP contribution in [0.2, 0.25) is 0 Å². The smallest absolute Gasteiger partial charge is 0.127 e. The van der Waals surface area contributed by atoms with Gasteiger partial charge in [0.15, 0.2) is 0 Å². The van der Waals surface area contributed by atoms with Gasteiger partial charge in [0.1, 0.15) is 10.8 Å². The fourth-order valence-corrected chi connectivity index (χ4v) is 3.81. The Morgan fingerprint density at radius 3 is 3.00 bits per heavy atom. The van der Waals surface area contributed by atoms with Crippen LogP contribution in [0.5, 0.6) is 0 Å². The van der Waals surface area contributed by atoms with Crippen LogP contribution >= 0.6 is 24.0 Å². The number of anilines is 1. The van der Waals surface area contributed by atoms with Crippen LogP contribution in [-0.4, -0.2) is 27.0 Å². The zero-order valence-corrected chi connectivity index (χ0v) is 13.1. The van der Waals surface area contributed by atoms with E-state index in [1.54, 1.807) is 0 Å². The van der Waals surface area contributed by atoms with Crippen molar-refractivity contribution in [1.82, 2.24) is 4.98 Å². The third-order valence-corrected chi connectivity index (χ3v) is 4.85. The average molecular weight is 295 g/mol. The van der Waals surface area contributed by atoms with E-state index >= 15 is 0 Å². The van der Waals surface area contributed by atoms with E-state index in [0.717, 1.165) is 22.3 Å². The second-order valence-corrected chi connectivity index (χ2v) is 7.00. The predicted molar refractivity (Wildman–Crippen MR) is 88.0 cm³/mol. The molecule has 1 saturated carbocycles. The minimum atomic E-state index is 0.430. The molecule has 1 fully saturated rings. The zero-order valence-electron chi connectivity index (χ0n) is 11.5. The summed E-state index contributed by atoms with van der Waals surface area (Å²) in [5.74, 6) is 2.10. The molecule has 0 amide bonds. The molecule has 1 aliphatic rings. The Hall–Kier alpha value is -0.810. The second-order valence-electron chi connectivity index (χ2n) is 4.98. The largest absolute Gasteiger partial charge is 0.389 e. The van der Waals surface area contributed by atoms with Crippen molar-refractivity contribution in [2.75, 3.05) is 11.1 Å². The summed E-state index contributed by atoms with van der Waals surface area (Å²) in [5.41, 5.74) is 7.53. The number of rotatable bonds is 5. The quantitative estimate of drug-likeness (QED) is 0.818. The van der Waals surface area contributed by atoms with Crippen LogP contribution in [0.3, 0.4) is 0 Å². The molecule has 1 heterocycles. The fraction of sp³-hybridized carbons (Fsp3) is 0.571. The number of aromatic nitrogens is 1. The van der Waals surface area contributed by atoms with E-state index in [2.05, 4.69) is 29.0 Å². The van der Waals surface area contributed by atoms with Crippen LogP contribution in [0, 0.1) is 6.92 Å². The van der Waals surface area contributed by atoms with Crippen LogP contribution in [0.15, 0.2) is 12.1 Å². The summed E-state index contributed by atoms with van der Waals surface area (Å²) in [6.07, 6.45) is 3.73. The summed E-state index contributed by atoms with van der Waals surface area (Å²) < 4.78 is 0. The summed E-state index contributed by atoms with van der Waals surface area (Å²) in [4.78, 5) is 4.95. The molecule has 1 aromatic rings. The van der Waals surface area contributed by atoms with Crippen LogP contribution < -0.4 is 11.1 Å². The lowest BCUT2D eigenvalue weighted by Gasteiger charge is -2.15. The Kier molecular flexibility index (Phi) is 5.05. The van der Waals surface area contributed by atoms with Crippen molar-refractivity contribution in [1.29, 1.82) is 0 Å². The second kappa shape index (κ2) is 6.57. The highest BCUT2D eigenvalue weighted by atomic mass is 32.2. The van der Waals surface area contributed by atoms with E-state index in [1.807, 2.05) is 19.1 Å². The highest BCUT2D eigenvalue weighted by Gasteiger charge is 2.24. The van der Waals surface area contributed by atoms with Crippen molar-refractivity contribution in [3.8, 4) is 0 Å². The molecular weight excluding hydrogens is 274 g/mol. The summed E-state index contributed by atoms with van der Waals surface area (Å²) in [5, 5.41) is 4.32. The normalized spacial score (nSPS) is 22.4. The number of aryl methyl sites for hydroxylation is 1. The van der Waals surface area contributed by atoms with Crippen LogP contribution in [-0.2, 0) is 0 Å². The molecule has 19 heavy (non-hydrogen) atoms. The summed E-state index contributed by atoms with van der Waals surface area (Å²) in [7, 11) is 0. The predicted octanol–water partition coefficient (Wildman–Crippen LogP) is 3.11. The SMILES string of the molecule is CCSC1CCC(Nc2cc(C(N)=S)cc(C)n2)C1. The van der Waals surface area contributed by atoms with E-state index < -0.39 is 0 Å². The molecule has 2 atom stereocenters. The van der Waals surface area contributed by atoms with Crippen LogP contribution in [0.4, 0.5) is 5.82 Å². The maximum atomic E-state index is 5.69. The van der Waals surface area contributed by atoms with E-state index in [1.165, 1.54) is 25.0 Å². The molecule has 0 saturated heterocycles. The summed E-state index contributed by atoms with van der Waals surface area (Å²) in [6.45, 7) is 4.19. The Morgan fingerprint density at radius 1 is 1.53 bits per heavy atom. The van der Waals surface area contributed by atoms with E-state index in [0.29, 0.717) is 11.0 Å². The molecule has 0 aliphatic heterocycles. The van der Waals surface area contributed by atoms with Gasteiger partial charge in [-0.15, -0.1) is 0 Å². The van der Waals surface area contributed by atoms with Gasteiger partial charge in [-0.05, 0) is 44.1 Å². The number of hydrogen-bond donors (Lipinski definition) is 2. The van der Waals surface area contributed by atoms with Crippen molar-refractivity contribution in [3.63, 3.8) is 0 Å². The minimum absolute atomic E-state index is 0.430. The first-order valence-corrected chi connectivity index (χ1v) is 8.20. The molecule has 0 radical (unpaired) electrons. The average Bonchev–Trinajstić information content (AvgIpc) is 2.76. The molecule has 1 aliphatic carbocycles. The van der Waals surface area contributed by atoms with Gasteiger partial charge < -0.3 is 11.1 Å². The lowest BCUT2D eigenvalue weighted by Crippen LogP contribution is -2.18. The van der Waals surface area contributed by atoms with Crippen LogP contribution in [0.25, 0.3) is 0 Å². The molecule has 1 aromatic heterocycles. The molecule has 0 aromatic carbocycles. The Balaban J connectivity index is 2.01. The zero-order chi connectivity index (χ0) is 13.8. The van der Waals surface area contributed by atoms with Crippen molar-refractivity contribution in [2.45, 2.75) is 44.4 Å². The van der Waals surface area contributed by atoms with Gasteiger partial charge >= 0.3 is 0 Å². The first-order chi connectivity index (χ1) is 9.08. The van der Waals surface area contributed by atoms with E-state index in [9.17, 15) is 0 Å². The highest BCUT2D eigenvalue weighted by molar-refractivity contribution is 7.99. The molecule has 2 unspecified atom stereocenters. The first kappa shape index (κ1) is 14.6. The van der Waals surface area contributed by atoms with Gasteiger partial charge in [0.25, 0.3) is 0 Å². The summed E-state index contributed by atoms with van der Waals surface area (Å²) >= 11 is 7.10. The van der Waals surface area contributed by atoms with Gasteiger partial charge in [0.05, 0.1) is 0 Å². The lowest BCUT2D eigenvalue weighted by molar-refractivity contribution is 0.751. The topological polar surface area (TPSA) is 50.9 Å². The van der Waals surface area contributed by atoms with Crippen molar-refractivity contribution in [2.24, 2.45) is 5.73 Å². The van der Waals surface area contributed by atoms with Crippen molar-refractivity contribution < 1.29 is 0 Å². The maximum Gasteiger partial charge on any atom is 0.127 e. The molecule has 0 bridgehead atoms. The molecule has 104 valence electrons. The number of hydrogen-bond acceptors (Lipinski definition) is 4. The van der Waals surface area contributed by atoms with Gasteiger partial charge in [-0.25, -0.2) is 4.98 Å².